The summed E-state index contributed by atoms with van der Waals surface area (Å²) in [5.41, 5.74) is 7.06. The highest BCUT2D eigenvalue weighted by Crippen LogP contribution is 2.29. The summed E-state index contributed by atoms with van der Waals surface area (Å²) >= 11 is 0. The third-order valence-corrected chi connectivity index (χ3v) is 5.92. The zero-order valence-electron chi connectivity index (χ0n) is 11.7. The lowest BCUT2D eigenvalue weighted by molar-refractivity contribution is 0.227. The Bertz CT molecular complexity index is 531. The minimum atomic E-state index is -3.51. The van der Waals surface area contributed by atoms with E-state index in [1.165, 1.54) is 0 Å². The Morgan fingerprint density at radius 3 is 2.63 bits per heavy atom. The molecule has 108 valence electrons. The van der Waals surface area contributed by atoms with Crippen molar-refractivity contribution in [2.75, 3.05) is 6.54 Å². The minimum Gasteiger partial charge on any atom is -0.326 e. The highest BCUT2D eigenvalue weighted by Gasteiger charge is 2.37. The number of hydrogen-bond acceptors (Lipinski definition) is 4. The number of nitrogens with one attached hydrogen (secondary N) is 1. The van der Waals surface area contributed by atoms with Crippen LogP contribution in [0.5, 0.6) is 0 Å². The number of aryl methyl sites for hydroxylation is 2. The molecule has 3 N–H and O–H groups in total. The monoisotopic (exact) mass is 286 g/mol. The van der Waals surface area contributed by atoms with Crippen LogP contribution in [0.25, 0.3) is 0 Å². The van der Waals surface area contributed by atoms with Crippen LogP contribution in [0.15, 0.2) is 4.90 Å². The van der Waals surface area contributed by atoms with Gasteiger partial charge in [0.05, 0.1) is 11.4 Å². The van der Waals surface area contributed by atoms with Crippen molar-refractivity contribution in [1.29, 1.82) is 0 Å². The molecule has 0 bridgehead atoms. The predicted molar refractivity (Wildman–Crippen MR) is 73.2 cm³/mol. The lowest BCUT2D eigenvalue weighted by Crippen LogP contribution is -2.51. The molecule has 1 saturated heterocycles. The summed E-state index contributed by atoms with van der Waals surface area (Å²) in [6.07, 6.45) is 2.74. The van der Waals surface area contributed by atoms with E-state index in [2.05, 4.69) is 10.2 Å². The molecule has 1 aromatic rings. The van der Waals surface area contributed by atoms with Gasteiger partial charge in [0.1, 0.15) is 4.90 Å². The van der Waals surface area contributed by atoms with Crippen molar-refractivity contribution in [2.24, 2.45) is 5.73 Å². The van der Waals surface area contributed by atoms with E-state index in [9.17, 15) is 8.42 Å². The first-order valence-corrected chi connectivity index (χ1v) is 8.08. The molecule has 0 aliphatic carbocycles. The number of nitrogens with two attached hydrogens (primary N) is 1. The molecule has 2 rings (SSSR count). The quantitative estimate of drug-likeness (QED) is 0.864. The first kappa shape index (κ1) is 14.5. The molecule has 6 nitrogen and oxygen atoms in total. The normalized spacial score (nSPS) is 23.5. The number of hydrogen-bond donors (Lipinski definition) is 2. The van der Waals surface area contributed by atoms with Gasteiger partial charge in [-0.05, 0) is 33.6 Å². The predicted octanol–water partition coefficient (Wildman–Crippen LogP) is 0.917. The number of aromatic nitrogens is 2. The van der Waals surface area contributed by atoms with Crippen molar-refractivity contribution in [3.8, 4) is 0 Å². The van der Waals surface area contributed by atoms with Gasteiger partial charge in [-0.25, -0.2) is 8.42 Å². The molecule has 0 spiro atoms. The largest absolute Gasteiger partial charge is 0.326 e. The Hall–Kier alpha value is -0.920. The van der Waals surface area contributed by atoms with Gasteiger partial charge in [0.15, 0.2) is 0 Å². The molecule has 2 heterocycles. The molecule has 0 unspecified atom stereocenters. The maximum Gasteiger partial charge on any atom is 0.247 e. The molecule has 1 aliphatic rings. The molecular weight excluding hydrogens is 264 g/mol. The topological polar surface area (TPSA) is 92.1 Å². The summed E-state index contributed by atoms with van der Waals surface area (Å²) in [6.45, 7) is 5.85. The number of nitrogens with zero attached hydrogens (tertiary/aromatic N) is 2. The van der Waals surface area contributed by atoms with Gasteiger partial charge >= 0.3 is 0 Å². The van der Waals surface area contributed by atoms with E-state index in [0.29, 0.717) is 22.8 Å². The van der Waals surface area contributed by atoms with Gasteiger partial charge in [0.25, 0.3) is 0 Å². The number of aromatic amines is 1. The van der Waals surface area contributed by atoms with Crippen molar-refractivity contribution < 1.29 is 8.42 Å². The second-order valence-corrected chi connectivity index (χ2v) is 7.13. The molecule has 7 heteroatoms. The Labute approximate surface area is 114 Å². The van der Waals surface area contributed by atoms with Gasteiger partial charge in [-0.15, -0.1) is 0 Å². The van der Waals surface area contributed by atoms with Crippen molar-refractivity contribution in [3.05, 3.63) is 11.4 Å². The van der Waals surface area contributed by atoms with Gasteiger partial charge in [0, 0.05) is 18.6 Å². The number of sulfonamides is 1. The summed E-state index contributed by atoms with van der Waals surface area (Å²) < 4.78 is 27.2. The van der Waals surface area contributed by atoms with Crippen molar-refractivity contribution in [1.82, 2.24) is 14.5 Å². The van der Waals surface area contributed by atoms with Crippen LogP contribution in [-0.2, 0) is 10.0 Å². The van der Waals surface area contributed by atoms with Crippen molar-refractivity contribution >= 4 is 10.0 Å². The fourth-order valence-corrected chi connectivity index (χ4v) is 4.90. The van der Waals surface area contributed by atoms with Crippen LogP contribution in [0.4, 0.5) is 0 Å². The van der Waals surface area contributed by atoms with Crippen LogP contribution in [0.3, 0.4) is 0 Å². The van der Waals surface area contributed by atoms with Crippen LogP contribution in [0, 0.1) is 13.8 Å². The summed E-state index contributed by atoms with van der Waals surface area (Å²) in [4.78, 5) is 0.306. The van der Waals surface area contributed by atoms with Crippen LogP contribution in [0.1, 0.15) is 37.6 Å². The highest BCUT2D eigenvalue weighted by molar-refractivity contribution is 7.89. The van der Waals surface area contributed by atoms with E-state index < -0.39 is 10.0 Å². The third kappa shape index (κ3) is 2.54. The standard InChI is InChI=1S/C12H22N4O2S/c1-8(13)11-6-4-5-7-16(11)19(17,18)12-9(2)14-15-10(12)3/h8,11H,4-7,13H2,1-3H3,(H,14,15)/t8-,11+/m1/s1. The smallest absolute Gasteiger partial charge is 0.247 e. The van der Waals surface area contributed by atoms with Crippen LogP contribution in [0.2, 0.25) is 0 Å². The lowest BCUT2D eigenvalue weighted by Gasteiger charge is -2.36. The van der Waals surface area contributed by atoms with E-state index in [4.69, 9.17) is 5.73 Å². The van der Waals surface area contributed by atoms with Crippen molar-refractivity contribution in [2.45, 2.75) is 57.0 Å². The van der Waals surface area contributed by atoms with Gasteiger partial charge in [-0.2, -0.15) is 9.40 Å². The molecule has 2 atom stereocenters. The Kier molecular flexibility index (Phi) is 3.98. The second kappa shape index (κ2) is 5.22. The zero-order chi connectivity index (χ0) is 14.2. The molecule has 0 radical (unpaired) electrons. The van der Waals surface area contributed by atoms with E-state index in [1.54, 1.807) is 18.2 Å². The summed E-state index contributed by atoms with van der Waals surface area (Å²) in [7, 11) is -3.51. The minimum absolute atomic E-state index is 0.118. The maximum absolute atomic E-state index is 12.8. The SMILES string of the molecule is Cc1n[nH]c(C)c1S(=O)(=O)N1CCCC[C@H]1[C@@H](C)N. The fourth-order valence-electron chi connectivity index (χ4n) is 2.79. The van der Waals surface area contributed by atoms with Crippen LogP contribution >= 0.6 is 0 Å². The Morgan fingerprint density at radius 2 is 2.11 bits per heavy atom. The number of H-pyrrole nitrogens is 1. The van der Waals surface area contributed by atoms with E-state index in [-0.39, 0.29) is 12.1 Å². The first-order chi connectivity index (χ1) is 8.85. The average molecular weight is 286 g/mol. The lowest BCUT2D eigenvalue weighted by atomic mass is 10.00. The molecule has 0 amide bonds. The average Bonchev–Trinajstić information content (AvgIpc) is 2.69. The van der Waals surface area contributed by atoms with Crippen LogP contribution < -0.4 is 5.73 Å². The highest BCUT2D eigenvalue weighted by atomic mass is 32.2. The molecular formula is C12H22N4O2S. The Morgan fingerprint density at radius 1 is 1.42 bits per heavy atom. The van der Waals surface area contributed by atoms with E-state index >= 15 is 0 Å². The van der Waals surface area contributed by atoms with E-state index in [0.717, 1.165) is 19.3 Å². The second-order valence-electron chi connectivity index (χ2n) is 5.30. The molecule has 1 fully saturated rings. The van der Waals surface area contributed by atoms with Gasteiger partial charge < -0.3 is 5.73 Å². The Balaban J connectivity index is 2.43. The molecule has 1 aliphatic heterocycles. The fraction of sp³-hybridized carbons (Fsp3) is 0.750. The summed E-state index contributed by atoms with van der Waals surface area (Å²) in [5.74, 6) is 0. The van der Waals surface area contributed by atoms with E-state index in [1.807, 2.05) is 6.92 Å². The van der Waals surface area contributed by atoms with Gasteiger partial charge in [0.2, 0.25) is 10.0 Å². The first-order valence-electron chi connectivity index (χ1n) is 6.64. The van der Waals surface area contributed by atoms with Gasteiger partial charge in [-0.1, -0.05) is 6.42 Å². The van der Waals surface area contributed by atoms with Gasteiger partial charge in [-0.3, -0.25) is 5.10 Å². The molecule has 0 aromatic carbocycles. The van der Waals surface area contributed by atoms with Crippen LogP contribution in [-0.4, -0.2) is 41.5 Å². The third-order valence-electron chi connectivity index (χ3n) is 3.73. The van der Waals surface area contributed by atoms with Crippen molar-refractivity contribution in [3.63, 3.8) is 0 Å². The summed E-state index contributed by atoms with van der Waals surface area (Å²) in [5, 5.41) is 6.72. The maximum atomic E-state index is 12.8. The molecule has 1 aromatic heterocycles. The number of piperidine rings is 1. The molecule has 0 saturated carbocycles. The summed E-state index contributed by atoms with van der Waals surface area (Å²) in [6, 6.07) is -0.282. The number of rotatable bonds is 3. The zero-order valence-corrected chi connectivity index (χ0v) is 12.5. The molecule has 19 heavy (non-hydrogen) atoms.